The van der Waals surface area contributed by atoms with E-state index in [4.69, 9.17) is 0 Å². The van der Waals surface area contributed by atoms with Crippen LogP contribution in [-0.4, -0.2) is 4.98 Å². The molecule has 0 bridgehead atoms. The Labute approximate surface area is 131 Å². The topological polar surface area (TPSA) is 12.9 Å². The Morgan fingerprint density at radius 2 is 1.23 bits per heavy atom. The summed E-state index contributed by atoms with van der Waals surface area (Å²) >= 11 is 0. The average Bonchev–Trinajstić information content (AvgIpc) is 2.55. The number of aryl methyl sites for hydroxylation is 2. The Morgan fingerprint density at radius 1 is 0.591 bits per heavy atom. The number of aromatic nitrogens is 1. The van der Waals surface area contributed by atoms with Crippen LogP contribution in [0.1, 0.15) is 11.1 Å². The first kappa shape index (κ1) is 14.3. The van der Waals surface area contributed by atoms with Crippen LogP contribution in [0.5, 0.6) is 0 Å². The summed E-state index contributed by atoms with van der Waals surface area (Å²) in [6.07, 6.45) is 1.82. The van der Waals surface area contributed by atoms with Gasteiger partial charge in [0.2, 0.25) is 0 Å². The molecule has 0 unspecified atom stereocenters. The molecule has 0 spiro atoms. The van der Waals surface area contributed by atoms with Crippen molar-refractivity contribution in [1.29, 1.82) is 0 Å². The summed E-state index contributed by atoms with van der Waals surface area (Å²) in [5.74, 6) is 0. The number of benzene rings is 3. The van der Waals surface area contributed by atoms with Gasteiger partial charge in [0.1, 0.15) is 0 Å². The van der Waals surface area contributed by atoms with Gasteiger partial charge in [-0.15, -0.1) is 0 Å². The maximum Gasteiger partial charge on any atom is 0.0702 e. The molecule has 0 N–H and O–H groups in total. The summed E-state index contributed by atoms with van der Waals surface area (Å²) in [5, 5.41) is 3.86. The molecule has 108 valence electrons. The molecule has 1 heterocycles. The first-order valence-corrected chi connectivity index (χ1v) is 7.49. The van der Waals surface area contributed by atoms with Gasteiger partial charge in [0, 0.05) is 11.6 Å². The smallest absolute Gasteiger partial charge is 0.0702 e. The zero-order valence-electron chi connectivity index (χ0n) is 13.0. The van der Waals surface area contributed by atoms with Crippen LogP contribution in [0.25, 0.3) is 21.7 Å². The first-order valence-electron chi connectivity index (χ1n) is 7.49. The molecular weight excluding hydrogens is 266 g/mol. The molecule has 0 fully saturated rings. The molecule has 1 aromatic heterocycles. The van der Waals surface area contributed by atoms with Gasteiger partial charge >= 0.3 is 0 Å². The summed E-state index contributed by atoms with van der Waals surface area (Å²) in [6, 6.07) is 25.2. The van der Waals surface area contributed by atoms with Crippen LogP contribution in [0.3, 0.4) is 0 Å². The van der Waals surface area contributed by atoms with Crippen molar-refractivity contribution < 1.29 is 0 Å². The molecule has 0 atom stereocenters. The van der Waals surface area contributed by atoms with Gasteiger partial charge in [-0.25, -0.2) is 0 Å². The first-order chi connectivity index (χ1) is 10.7. The van der Waals surface area contributed by atoms with Gasteiger partial charge in [-0.05, 0) is 42.8 Å². The highest BCUT2D eigenvalue weighted by Crippen LogP contribution is 2.14. The van der Waals surface area contributed by atoms with Crippen molar-refractivity contribution in [3.8, 4) is 0 Å². The van der Waals surface area contributed by atoms with Crippen molar-refractivity contribution in [1.82, 2.24) is 4.98 Å². The normalized spacial score (nSPS) is 10.3. The molecule has 1 nitrogen and oxygen atoms in total. The summed E-state index contributed by atoms with van der Waals surface area (Å²) < 4.78 is 0. The van der Waals surface area contributed by atoms with E-state index in [0.29, 0.717) is 0 Å². The quantitative estimate of drug-likeness (QED) is 0.404. The van der Waals surface area contributed by atoms with Crippen LogP contribution >= 0.6 is 0 Å². The van der Waals surface area contributed by atoms with Gasteiger partial charge in [-0.2, -0.15) is 0 Å². The van der Waals surface area contributed by atoms with E-state index < -0.39 is 0 Å². The number of fused-ring (bicyclic) bond motifs is 2. The predicted molar refractivity (Wildman–Crippen MR) is 95.2 cm³/mol. The van der Waals surface area contributed by atoms with E-state index in [0.717, 1.165) is 5.52 Å². The molecule has 0 aliphatic heterocycles. The lowest BCUT2D eigenvalue weighted by Gasteiger charge is -1.96. The van der Waals surface area contributed by atoms with Crippen molar-refractivity contribution in [3.05, 3.63) is 90.1 Å². The highest BCUT2D eigenvalue weighted by molar-refractivity contribution is 5.82. The standard InChI is InChI=1S/C11H10.C10H9N/c1-9-6-7-10-4-2-3-5-11(10)8-9;1-8-4-5-10-9(7-8)3-2-6-11-10/h2-8H,1H3;2-7H,1H3. The lowest BCUT2D eigenvalue weighted by molar-refractivity contribution is 1.39. The molecule has 22 heavy (non-hydrogen) atoms. The SMILES string of the molecule is Cc1ccc2ccccc2c1.Cc1ccc2ncccc2c1. The van der Waals surface area contributed by atoms with Crippen molar-refractivity contribution in [3.63, 3.8) is 0 Å². The number of pyridine rings is 1. The Kier molecular flexibility index (Phi) is 4.15. The molecule has 4 rings (SSSR count). The van der Waals surface area contributed by atoms with Gasteiger partial charge in [0.05, 0.1) is 5.52 Å². The van der Waals surface area contributed by atoms with E-state index in [1.807, 2.05) is 18.3 Å². The fraction of sp³-hybridized carbons (Fsp3) is 0.0952. The van der Waals surface area contributed by atoms with Crippen LogP contribution in [0.15, 0.2) is 79.0 Å². The van der Waals surface area contributed by atoms with E-state index >= 15 is 0 Å². The third-order valence-corrected chi connectivity index (χ3v) is 3.66. The highest BCUT2D eigenvalue weighted by Gasteiger charge is 1.91. The predicted octanol–water partition coefficient (Wildman–Crippen LogP) is 5.69. The number of hydrogen-bond donors (Lipinski definition) is 0. The van der Waals surface area contributed by atoms with E-state index in [1.165, 1.54) is 27.3 Å². The minimum atomic E-state index is 1.07. The number of rotatable bonds is 0. The van der Waals surface area contributed by atoms with E-state index in [1.54, 1.807) is 0 Å². The van der Waals surface area contributed by atoms with Crippen LogP contribution in [0, 0.1) is 13.8 Å². The van der Waals surface area contributed by atoms with Crippen molar-refractivity contribution >= 4 is 21.7 Å². The Bertz CT molecular complexity index is 832. The molecule has 4 aromatic rings. The molecule has 0 saturated heterocycles. The highest BCUT2D eigenvalue weighted by atomic mass is 14.6. The summed E-state index contributed by atoms with van der Waals surface area (Å²) in [6.45, 7) is 4.21. The molecule has 3 aromatic carbocycles. The maximum atomic E-state index is 4.22. The monoisotopic (exact) mass is 285 g/mol. The fourth-order valence-corrected chi connectivity index (χ4v) is 2.50. The number of hydrogen-bond acceptors (Lipinski definition) is 1. The van der Waals surface area contributed by atoms with Crippen LogP contribution in [0.2, 0.25) is 0 Å². The van der Waals surface area contributed by atoms with E-state index in [-0.39, 0.29) is 0 Å². The molecule has 0 aliphatic carbocycles. The summed E-state index contributed by atoms with van der Waals surface area (Å²) in [5.41, 5.74) is 3.67. The van der Waals surface area contributed by atoms with Crippen LogP contribution in [-0.2, 0) is 0 Å². The van der Waals surface area contributed by atoms with Gasteiger partial charge < -0.3 is 0 Å². The second-order valence-electron chi connectivity index (χ2n) is 5.55. The largest absolute Gasteiger partial charge is 0.256 e. The fourth-order valence-electron chi connectivity index (χ4n) is 2.50. The molecule has 0 amide bonds. The van der Waals surface area contributed by atoms with Gasteiger partial charge in [-0.1, -0.05) is 65.7 Å². The molecular formula is C21H19N. The van der Waals surface area contributed by atoms with Crippen LogP contribution < -0.4 is 0 Å². The lowest BCUT2D eigenvalue weighted by Crippen LogP contribution is -1.77. The Balaban J connectivity index is 0.000000131. The van der Waals surface area contributed by atoms with Crippen molar-refractivity contribution in [2.75, 3.05) is 0 Å². The van der Waals surface area contributed by atoms with Crippen molar-refractivity contribution in [2.24, 2.45) is 0 Å². The maximum absolute atomic E-state index is 4.22. The molecule has 0 aliphatic rings. The minimum absolute atomic E-state index is 1.07. The molecule has 0 radical (unpaired) electrons. The summed E-state index contributed by atoms with van der Waals surface area (Å²) in [4.78, 5) is 4.22. The number of nitrogens with zero attached hydrogens (tertiary/aromatic N) is 1. The minimum Gasteiger partial charge on any atom is -0.256 e. The zero-order valence-corrected chi connectivity index (χ0v) is 13.0. The van der Waals surface area contributed by atoms with Gasteiger partial charge in [0.15, 0.2) is 0 Å². The molecule has 0 saturated carbocycles. The van der Waals surface area contributed by atoms with E-state index in [2.05, 4.69) is 79.5 Å². The molecule has 1 heteroatoms. The Morgan fingerprint density at radius 3 is 2.05 bits per heavy atom. The third kappa shape index (κ3) is 3.32. The van der Waals surface area contributed by atoms with E-state index in [9.17, 15) is 0 Å². The zero-order chi connectivity index (χ0) is 15.4. The van der Waals surface area contributed by atoms with Crippen molar-refractivity contribution in [2.45, 2.75) is 13.8 Å². The average molecular weight is 285 g/mol. The lowest BCUT2D eigenvalue weighted by atomic mass is 10.1. The van der Waals surface area contributed by atoms with Gasteiger partial charge in [-0.3, -0.25) is 4.98 Å². The second kappa shape index (κ2) is 6.40. The van der Waals surface area contributed by atoms with Crippen LogP contribution in [0.4, 0.5) is 0 Å². The second-order valence-corrected chi connectivity index (χ2v) is 5.55. The Hall–Kier alpha value is -2.67. The van der Waals surface area contributed by atoms with Gasteiger partial charge in [0.25, 0.3) is 0 Å². The third-order valence-electron chi connectivity index (χ3n) is 3.66. The summed E-state index contributed by atoms with van der Waals surface area (Å²) in [7, 11) is 0.